The topological polar surface area (TPSA) is 66.5 Å². The smallest absolute Gasteiger partial charge is 0.232 e. The molecule has 1 N–H and O–H groups in total. The quantitative estimate of drug-likeness (QED) is 0.685. The van der Waals surface area contributed by atoms with E-state index in [4.69, 9.17) is 0 Å². The summed E-state index contributed by atoms with van der Waals surface area (Å²) in [6, 6.07) is 12.1. The van der Waals surface area contributed by atoms with E-state index in [9.17, 15) is 13.2 Å². The minimum absolute atomic E-state index is 0.0580. The molecule has 3 rings (SSSR count). The minimum Gasteiger partial charge on any atom is -0.350 e. The largest absolute Gasteiger partial charge is 0.350 e. The second kappa shape index (κ2) is 9.21. The predicted molar refractivity (Wildman–Crippen MR) is 122 cm³/mol. The Morgan fingerprint density at radius 3 is 2.60 bits per heavy atom. The number of carbonyl (C=O) groups is 1. The lowest BCUT2D eigenvalue weighted by atomic mass is 10.0. The van der Waals surface area contributed by atoms with Gasteiger partial charge >= 0.3 is 0 Å². The number of benzene rings is 2. The van der Waals surface area contributed by atoms with E-state index < -0.39 is 10.0 Å². The van der Waals surface area contributed by atoms with Crippen LogP contribution in [-0.4, -0.2) is 27.1 Å². The van der Waals surface area contributed by atoms with Crippen LogP contribution in [0.1, 0.15) is 60.0 Å². The lowest BCUT2D eigenvalue weighted by Crippen LogP contribution is -2.33. The minimum atomic E-state index is -3.43. The van der Waals surface area contributed by atoms with Crippen LogP contribution in [0.25, 0.3) is 0 Å². The van der Waals surface area contributed by atoms with Crippen molar-refractivity contribution < 1.29 is 13.2 Å². The molecule has 1 aliphatic carbocycles. The average Bonchev–Trinajstić information content (AvgIpc) is 3.14. The van der Waals surface area contributed by atoms with Crippen molar-refractivity contribution in [2.45, 2.75) is 58.9 Å². The summed E-state index contributed by atoms with van der Waals surface area (Å²) < 4.78 is 26.1. The number of rotatable bonds is 8. The normalized spacial score (nSPS) is 14.3. The highest BCUT2D eigenvalue weighted by molar-refractivity contribution is 7.92. The molecule has 1 atom stereocenters. The van der Waals surface area contributed by atoms with Crippen molar-refractivity contribution in [1.29, 1.82) is 0 Å². The Morgan fingerprint density at radius 2 is 1.87 bits per heavy atom. The molecule has 0 heterocycles. The molecule has 0 fully saturated rings. The molecule has 0 radical (unpaired) electrons. The SMILES string of the molecule is Cc1cccc(N(CCCC(=O)NC(C)c2ccc3c(c2)CCC3)S(C)(=O)=O)c1C. The van der Waals surface area contributed by atoms with Crippen LogP contribution in [0.5, 0.6) is 0 Å². The van der Waals surface area contributed by atoms with Crippen LogP contribution in [0.2, 0.25) is 0 Å². The summed E-state index contributed by atoms with van der Waals surface area (Å²) in [7, 11) is -3.43. The van der Waals surface area contributed by atoms with E-state index in [-0.39, 0.29) is 24.9 Å². The molecule has 1 aliphatic rings. The molecule has 5 nitrogen and oxygen atoms in total. The third kappa shape index (κ3) is 5.22. The van der Waals surface area contributed by atoms with Gasteiger partial charge < -0.3 is 5.32 Å². The number of nitrogens with one attached hydrogen (secondary N) is 1. The van der Waals surface area contributed by atoms with Crippen molar-refractivity contribution in [2.75, 3.05) is 17.1 Å². The van der Waals surface area contributed by atoms with Crippen molar-refractivity contribution in [3.63, 3.8) is 0 Å². The molecular weight excluding hydrogens is 396 g/mol. The van der Waals surface area contributed by atoms with Crippen LogP contribution in [0.3, 0.4) is 0 Å². The summed E-state index contributed by atoms with van der Waals surface area (Å²) >= 11 is 0. The van der Waals surface area contributed by atoms with Gasteiger partial charge in [-0.2, -0.15) is 0 Å². The number of hydrogen-bond acceptors (Lipinski definition) is 3. The molecule has 0 aliphatic heterocycles. The molecule has 2 aromatic carbocycles. The third-order valence-electron chi connectivity index (χ3n) is 6.01. The Hall–Kier alpha value is -2.34. The number of amides is 1. The van der Waals surface area contributed by atoms with Crippen LogP contribution in [0, 0.1) is 13.8 Å². The standard InChI is InChI=1S/C24H32N2O3S/c1-17-8-5-11-23(18(17)2)26(30(4,28)29)15-7-12-24(27)25-19(3)21-14-13-20-9-6-10-22(20)16-21/h5,8,11,13-14,16,19H,6-7,9-10,12,15H2,1-4H3,(H,25,27). The number of fused-ring (bicyclic) bond motifs is 1. The van der Waals surface area contributed by atoms with Crippen LogP contribution in [0.15, 0.2) is 36.4 Å². The van der Waals surface area contributed by atoms with E-state index in [0.29, 0.717) is 12.1 Å². The number of hydrogen-bond donors (Lipinski definition) is 1. The monoisotopic (exact) mass is 428 g/mol. The van der Waals surface area contributed by atoms with Crippen LogP contribution in [0.4, 0.5) is 5.69 Å². The van der Waals surface area contributed by atoms with Gasteiger partial charge in [-0.25, -0.2) is 8.42 Å². The number of carbonyl (C=O) groups excluding carboxylic acids is 1. The molecule has 0 saturated carbocycles. The lowest BCUT2D eigenvalue weighted by Gasteiger charge is -2.25. The maximum absolute atomic E-state index is 12.5. The Labute approximate surface area is 180 Å². The highest BCUT2D eigenvalue weighted by atomic mass is 32.2. The van der Waals surface area contributed by atoms with Gasteiger partial charge in [0.25, 0.3) is 0 Å². The van der Waals surface area contributed by atoms with Gasteiger partial charge in [0, 0.05) is 13.0 Å². The Bertz CT molecular complexity index is 1030. The van der Waals surface area contributed by atoms with E-state index in [1.165, 1.54) is 28.1 Å². The fourth-order valence-electron chi connectivity index (χ4n) is 4.11. The molecule has 0 spiro atoms. The molecule has 162 valence electrons. The zero-order valence-electron chi connectivity index (χ0n) is 18.4. The second-order valence-electron chi connectivity index (χ2n) is 8.33. The van der Waals surface area contributed by atoms with Crippen molar-refractivity contribution in [3.8, 4) is 0 Å². The zero-order chi connectivity index (χ0) is 21.9. The van der Waals surface area contributed by atoms with Gasteiger partial charge in [0.05, 0.1) is 18.0 Å². The average molecular weight is 429 g/mol. The first-order valence-electron chi connectivity index (χ1n) is 10.6. The Kier molecular flexibility index (Phi) is 6.86. The number of anilines is 1. The molecular formula is C24H32N2O3S. The first kappa shape index (κ1) is 22.3. The second-order valence-corrected chi connectivity index (χ2v) is 10.2. The molecule has 0 bridgehead atoms. The van der Waals surface area contributed by atoms with Gasteiger partial charge in [-0.15, -0.1) is 0 Å². The van der Waals surface area contributed by atoms with E-state index in [1.54, 1.807) is 0 Å². The maximum atomic E-state index is 12.5. The Morgan fingerprint density at radius 1 is 1.13 bits per heavy atom. The molecule has 0 aromatic heterocycles. The fourth-order valence-corrected chi connectivity index (χ4v) is 5.13. The summed E-state index contributed by atoms with van der Waals surface area (Å²) in [5, 5.41) is 3.05. The summed E-state index contributed by atoms with van der Waals surface area (Å²) in [6.45, 7) is 6.16. The number of aryl methyl sites for hydroxylation is 3. The molecule has 1 amide bonds. The van der Waals surface area contributed by atoms with Gasteiger partial charge in [0.1, 0.15) is 0 Å². The molecule has 1 unspecified atom stereocenters. The van der Waals surface area contributed by atoms with Gasteiger partial charge in [0.2, 0.25) is 15.9 Å². The van der Waals surface area contributed by atoms with Crippen molar-refractivity contribution in [3.05, 3.63) is 64.2 Å². The molecule has 2 aromatic rings. The van der Waals surface area contributed by atoms with E-state index >= 15 is 0 Å². The van der Waals surface area contributed by atoms with Crippen molar-refractivity contribution >= 4 is 21.6 Å². The van der Waals surface area contributed by atoms with Crippen LogP contribution < -0.4 is 9.62 Å². The predicted octanol–water partition coefficient (Wildman–Crippen LogP) is 4.22. The highest BCUT2D eigenvalue weighted by Gasteiger charge is 2.20. The first-order chi connectivity index (χ1) is 14.2. The maximum Gasteiger partial charge on any atom is 0.232 e. The van der Waals surface area contributed by atoms with E-state index in [2.05, 4.69) is 23.5 Å². The van der Waals surface area contributed by atoms with E-state index in [0.717, 1.165) is 29.5 Å². The van der Waals surface area contributed by atoms with Gasteiger partial charge in [-0.3, -0.25) is 9.10 Å². The van der Waals surface area contributed by atoms with Crippen molar-refractivity contribution in [2.24, 2.45) is 0 Å². The molecule has 30 heavy (non-hydrogen) atoms. The lowest BCUT2D eigenvalue weighted by molar-refractivity contribution is -0.121. The van der Waals surface area contributed by atoms with Gasteiger partial charge in [-0.1, -0.05) is 30.3 Å². The van der Waals surface area contributed by atoms with Crippen LogP contribution >= 0.6 is 0 Å². The zero-order valence-corrected chi connectivity index (χ0v) is 19.2. The summed E-state index contributed by atoms with van der Waals surface area (Å²) in [5.41, 5.74) is 6.61. The summed E-state index contributed by atoms with van der Waals surface area (Å²) in [4.78, 5) is 12.5. The van der Waals surface area contributed by atoms with Gasteiger partial charge in [0.15, 0.2) is 0 Å². The van der Waals surface area contributed by atoms with Crippen LogP contribution in [-0.2, 0) is 27.7 Å². The first-order valence-corrected chi connectivity index (χ1v) is 12.5. The molecule has 6 heteroatoms. The number of nitrogens with zero attached hydrogens (tertiary/aromatic N) is 1. The Balaban J connectivity index is 1.58. The van der Waals surface area contributed by atoms with Crippen molar-refractivity contribution in [1.82, 2.24) is 5.32 Å². The summed E-state index contributed by atoms with van der Waals surface area (Å²) in [5.74, 6) is -0.0580. The fraction of sp³-hybridized carbons (Fsp3) is 0.458. The molecule has 0 saturated heterocycles. The number of sulfonamides is 1. The summed E-state index contributed by atoms with van der Waals surface area (Å²) in [6.07, 6.45) is 5.42. The highest BCUT2D eigenvalue weighted by Crippen LogP contribution is 2.26. The van der Waals surface area contributed by atoms with Gasteiger partial charge in [-0.05, 0) is 80.3 Å². The third-order valence-corrected chi connectivity index (χ3v) is 7.19. The van der Waals surface area contributed by atoms with E-state index in [1.807, 2.05) is 39.0 Å².